The van der Waals surface area contributed by atoms with Gasteiger partial charge < -0.3 is 14.9 Å². The maximum absolute atomic E-state index is 12.0. The molecule has 1 amide bonds. The highest BCUT2D eigenvalue weighted by Crippen LogP contribution is 2.14. The van der Waals surface area contributed by atoms with Crippen molar-refractivity contribution < 1.29 is 24.5 Å². The first-order valence-electron chi connectivity index (χ1n) is 6.45. The summed E-state index contributed by atoms with van der Waals surface area (Å²) in [5, 5.41) is 20.3. The van der Waals surface area contributed by atoms with E-state index in [1.54, 1.807) is 24.3 Å². The second kappa shape index (κ2) is 7.07. The molecule has 3 N–H and O–H groups in total. The smallest absolute Gasteiger partial charge is 0.412 e. The molecule has 1 heterocycles. The molecule has 2 aromatic rings. The third kappa shape index (κ3) is 4.30. The molecule has 0 bridgehead atoms. The Labute approximate surface area is 129 Å². The molecule has 0 aliphatic heterocycles. The summed E-state index contributed by atoms with van der Waals surface area (Å²) in [5.41, 5.74) is -0.718. The number of nitrogens with one attached hydrogen (secondary N) is 1. The molecule has 0 aliphatic carbocycles. The lowest BCUT2D eigenvalue weighted by molar-refractivity contribution is -0.137. The van der Waals surface area contributed by atoms with Crippen LogP contribution in [0.25, 0.3) is 0 Å². The molecule has 0 saturated carbocycles. The van der Waals surface area contributed by atoms with E-state index in [0.29, 0.717) is 0 Å². The van der Waals surface area contributed by atoms with Gasteiger partial charge in [-0.05, 0) is 5.56 Å². The van der Waals surface area contributed by atoms with Crippen molar-refractivity contribution in [2.24, 2.45) is 0 Å². The number of nitrogens with zero attached hydrogens (tertiary/aromatic N) is 2. The average Bonchev–Trinajstić information content (AvgIpc) is 2.53. The van der Waals surface area contributed by atoms with Crippen molar-refractivity contribution in [3.05, 3.63) is 52.6 Å². The molecule has 0 radical (unpaired) electrons. The van der Waals surface area contributed by atoms with Gasteiger partial charge >= 0.3 is 12.1 Å². The zero-order valence-electron chi connectivity index (χ0n) is 11.8. The largest absolute Gasteiger partial charge is 0.492 e. The fourth-order valence-electron chi connectivity index (χ4n) is 1.71. The summed E-state index contributed by atoms with van der Waals surface area (Å²) in [4.78, 5) is 37.7. The summed E-state index contributed by atoms with van der Waals surface area (Å²) in [5.74, 6) is -1.99. The van der Waals surface area contributed by atoms with E-state index in [1.807, 2.05) is 6.07 Å². The molecule has 120 valence electrons. The topological polar surface area (TPSA) is 131 Å². The summed E-state index contributed by atoms with van der Waals surface area (Å²) in [6.07, 6.45) is -0.108. The van der Waals surface area contributed by atoms with Crippen LogP contribution in [0.4, 0.5) is 10.5 Å². The first kappa shape index (κ1) is 16.0. The number of carboxylic acid groups (broad SMARTS) is 1. The van der Waals surface area contributed by atoms with Gasteiger partial charge in [-0.1, -0.05) is 30.3 Å². The van der Waals surface area contributed by atoms with E-state index in [2.05, 4.69) is 10.3 Å². The molecule has 1 aromatic carbocycles. The minimum absolute atomic E-state index is 0.0307. The molecule has 0 unspecified atom stereocenters. The summed E-state index contributed by atoms with van der Waals surface area (Å²) in [6, 6.07) is 8.84. The number of carboxylic acids is 1. The molecule has 2 rings (SSSR count). The Balaban J connectivity index is 2.08. The quantitative estimate of drug-likeness (QED) is 0.742. The molecule has 0 aliphatic rings. The monoisotopic (exact) mass is 319 g/mol. The van der Waals surface area contributed by atoms with E-state index in [0.717, 1.165) is 16.5 Å². The Morgan fingerprint density at radius 3 is 2.61 bits per heavy atom. The Bertz CT molecular complexity index is 772. The average molecular weight is 319 g/mol. The standard InChI is InChI=1S/C14H13N3O6/c18-10(19)6-17-8-15-12(20)11(13(17)21)16-14(22)23-7-9-4-2-1-3-5-9/h1-5,8,20H,6-7H2,(H,16,22)(H,18,19). The fraction of sp³-hybridized carbons (Fsp3) is 0.143. The van der Waals surface area contributed by atoms with Gasteiger partial charge in [-0.15, -0.1) is 0 Å². The van der Waals surface area contributed by atoms with Crippen molar-refractivity contribution in [2.75, 3.05) is 5.32 Å². The van der Waals surface area contributed by atoms with Gasteiger partial charge in [0.05, 0.1) is 0 Å². The first-order chi connectivity index (χ1) is 11.0. The number of benzene rings is 1. The summed E-state index contributed by atoms with van der Waals surface area (Å²) >= 11 is 0. The summed E-state index contributed by atoms with van der Waals surface area (Å²) < 4.78 is 5.64. The number of amides is 1. The summed E-state index contributed by atoms with van der Waals surface area (Å²) in [7, 11) is 0. The third-order valence-electron chi connectivity index (χ3n) is 2.76. The third-order valence-corrected chi connectivity index (χ3v) is 2.76. The van der Waals surface area contributed by atoms with E-state index >= 15 is 0 Å². The van der Waals surface area contributed by atoms with Crippen molar-refractivity contribution in [3.8, 4) is 5.88 Å². The van der Waals surface area contributed by atoms with Crippen LogP contribution in [0.2, 0.25) is 0 Å². The van der Waals surface area contributed by atoms with Gasteiger partial charge in [0.1, 0.15) is 19.5 Å². The van der Waals surface area contributed by atoms with Gasteiger partial charge in [0.25, 0.3) is 5.56 Å². The molecule has 0 spiro atoms. The Kier molecular flexibility index (Phi) is 4.92. The number of aromatic hydroxyl groups is 1. The number of hydrogen-bond acceptors (Lipinski definition) is 6. The predicted molar refractivity (Wildman–Crippen MR) is 78.0 cm³/mol. The second-order valence-electron chi connectivity index (χ2n) is 4.46. The number of hydrogen-bond donors (Lipinski definition) is 3. The number of rotatable bonds is 5. The Hall–Kier alpha value is -3.36. The Morgan fingerprint density at radius 2 is 1.96 bits per heavy atom. The maximum atomic E-state index is 12.0. The van der Waals surface area contributed by atoms with Gasteiger partial charge in [0, 0.05) is 0 Å². The zero-order valence-corrected chi connectivity index (χ0v) is 11.8. The minimum atomic E-state index is -1.27. The van der Waals surface area contributed by atoms with Gasteiger partial charge in [0.2, 0.25) is 5.88 Å². The molecule has 23 heavy (non-hydrogen) atoms. The normalized spacial score (nSPS) is 10.1. The van der Waals surface area contributed by atoms with Crippen LogP contribution in [0.15, 0.2) is 41.5 Å². The number of aliphatic carboxylic acids is 1. The molecular weight excluding hydrogens is 306 g/mol. The lowest BCUT2D eigenvalue weighted by Gasteiger charge is -2.09. The maximum Gasteiger partial charge on any atom is 0.412 e. The van der Waals surface area contributed by atoms with Crippen LogP contribution >= 0.6 is 0 Å². The van der Waals surface area contributed by atoms with Crippen LogP contribution in [0.1, 0.15) is 5.56 Å². The van der Waals surface area contributed by atoms with Crippen LogP contribution in [-0.2, 0) is 22.7 Å². The van der Waals surface area contributed by atoms with Crippen molar-refractivity contribution >= 4 is 17.7 Å². The molecular formula is C14H13N3O6. The van der Waals surface area contributed by atoms with Crippen LogP contribution in [-0.4, -0.2) is 31.8 Å². The van der Waals surface area contributed by atoms with E-state index in [-0.39, 0.29) is 6.61 Å². The highest BCUT2D eigenvalue weighted by molar-refractivity contribution is 5.85. The highest BCUT2D eigenvalue weighted by atomic mass is 16.5. The van der Waals surface area contributed by atoms with E-state index < -0.39 is 35.7 Å². The summed E-state index contributed by atoms with van der Waals surface area (Å²) in [6.45, 7) is -0.684. The van der Waals surface area contributed by atoms with Crippen molar-refractivity contribution in [1.82, 2.24) is 9.55 Å². The number of carbonyl (C=O) groups excluding carboxylic acids is 1. The van der Waals surface area contributed by atoms with Crippen LogP contribution < -0.4 is 10.9 Å². The van der Waals surface area contributed by atoms with Gasteiger partial charge in [-0.3, -0.25) is 19.5 Å². The fourth-order valence-corrected chi connectivity index (χ4v) is 1.71. The number of anilines is 1. The molecule has 9 nitrogen and oxygen atoms in total. The van der Waals surface area contributed by atoms with Gasteiger partial charge in [-0.25, -0.2) is 9.78 Å². The zero-order chi connectivity index (χ0) is 16.8. The SMILES string of the molecule is O=C(O)Cn1cnc(O)c(NC(=O)OCc2ccccc2)c1=O. The van der Waals surface area contributed by atoms with Gasteiger partial charge in [0.15, 0.2) is 5.69 Å². The predicted octanol–water partition coefficient (Wildman–Crippen LogP) is 0.782. The Morgan fingerprint density at radius 1 is 1.26 bits per heavy atom. The van der Waals surface area contributed by atoms with Crippen molar-refractivity contribution in [1.29, 1.82) is 0 Å². The molecule has 0 saturated heterocycles. The van der Waals surface area contributed by atoms with Gasteiger partial charge in [-0.2, -0.15) is 0 Å². The van der Waals surface area contributed by atoms with E-state index in [1.165, 1.54) is 0 Å². The number of ether oxygens (including phenoxy) is 1. The molecule has 9 heteroatoms. The van der Waals surface area contributed by atoms with Crippen LogP contribution in [0.5, 0.6) is 5.88 Å². The lowest BCUT2D eigenvalue weighted by atomic mass is 10.2. The molecule has 1 aromatic heterocycles. The van der Waals surface area contributed by atoms with E-state index in [4.69, 9.17) is 9.84 Å². The number of aromatic nitrogens is 2. The highest BCUT2D eigenvalue weighted by Gasteiger charge is 2.16. The van der Waals surface area contributed by atoms with Crippen LogP contribution in [0, 0.1) is 0 Å². The van der Waals surface area contributed by atoms with Crippen molar-refractivity contribution in [2.45, 2.75) is 13.2 Å². The van der Waals surface area contributed by atoms with E-state index in [9.17, 15) is 19.5 Å². The second-order valence-corrected chi connectivity index (χ2v) is 4.46. The molecule has 0 atom stereocenters. The molecule has 0 fully saturated rings. The number of carbonyl (C=O) groups is 2. The minimum Gasteiger partial charge on any atom is -0.492 e. The lowest BCUT2D eigenvalue weighted by Crippen LogP contribution is -2.28. The van der Waals surface area contributed by atoms with Crippen LogP contribution in [0.3, 0.4) is 0 Å². The first-order valence-corrected chi connectivity index (χ1v) is 6.45. The van der Waals surface area contributed by atoms with Crippen molar-refractivity contribution in [3.63, 3.8) is 0 Å².